The lowest BCUT2D eigenvalue weighted by atomic mass is 9.94. The number of amides is 1. The van der Waals surface area contributed by atoms with Gasteiger partial charge >= 0.3 is 11.9 Å². The van der Waals surface area contributed by atoms with Crippen LogP contribution >= 0.6 is 0 Å². The molecule has 63 heavy (non-hydrogen) atoms. The smallest absolute Gasteiger partial charge is 0.344 e. The average molecular weight is 873 g/mol. The average Bonchev–Trinajstić information content (AvgIpc) is 3.30. The molecule has 0 bridgehead atoms. The number of aliphatic hydroxyl groups is 1. The van der Waals surface area contributed by atoms with Gasteiger partial charge in [-0.25, -0.2) is 9.59 Å². The van der Waals surface area contributed by atoms with Crippen molar-refractivity contribution >= 4 is 23.5 Å². The van der Waals surface area contributed by atoms with E-state index >= 15 is 0 Å². The van der Waals surface area contributed by atoms with Gasteiger partial charge in [0.2, 0.25) is 11.7 Å². The van der Waals surface area contributed by atoms with Gasteiger partial charge in [0.25, 0.3) is 5.69 Å². The van der Waals surface area contributed by atoms with Gasteiger partial charge in [-0.1, -0.05) is 24.3 Å². The quantitative estimate of drug-likeness (QED) is 0.0514. The molecule has 0 aliphatic carbocycles. The highest BCUT2D eigenvalue weighted by Crippen LogP contribution is 2.41. The normalized spacial score (nSPS) is 15.5. The number of esters is 2. The second-order valence-electron chi connectivity index (χ2n) is 15.1. The molecule has 1 aliphatic heterocycles. The van der Waals surface area contributed by atoms with E-state index < -0.39 is 53.7 Å². The van der Waals surface area contributed by atoms with Crippen LogP contribution in [0.2, 0.25) is 0 Å². The maximum atomic E-state index is 14.3. The number of hydrogen-bond acceptors (Lipinski definition) is 14. The Morgan fingerprint density at radius 2 is 1.48 bits per heavy atom. The molecule has 0 radical (unpaired) electrons. The van der Waals surface area contributed by atoms with E-state index in [4.69, 9.17) is 37.9 Å². The summed E-state index contributed by atoms with van der Waals surface area (Å²) in [6.45, 7) is 4.66. The van der Waals surface area contributed by atoms with Gasteiger partial charge in [0.15, 0.2) is 29.6 Å². The first-order valence-corrected chi connectivity index (χ1v) is 20.6. The van der Waals surface area contributed by atoms with Crippen LogP contribution in [0.4, 0.5) is 5.69 Å². The first-order valence-electron chi connectivity index (χ1n) is 20.6. The summed E-state index contributed by atoms with van der Waals surface area (Å²) in [5.41, 5.74) is 2.35. The monoisotopic (exact) mass is 872 g/mol. The molecule has 3 unspecified atom stereocenters. The fraction of sp³-hybridized carbons (Fsp3) is 0.426. The summed E-state index contributed by atoms with van der Waals surface area (Å²) in [4.78, 5) is 54.1. The molecule has 1 fully saturated rings. The Bertz CT molecular complexity index is 2220. The number of aliphatic hydroxyl groups excluding tert-OH is 1. The van der Waals surface area contributed by atoms with Crippen LogP contribution in [0.1, 0.15) is 98.5 Å². The largest absolute Gasteiger partial charge is 0.493 e. The Balaban J connectivity index is 1.35. The molecule has 1 amide bonds. The molecule has 1 saturated heterocycles. The second kappa shape index (κ2) is 22.0. The topological polar surface area (TPSA) is 192 Å². The number of carbonyl (C=O) groups excluding carboxylic acids is 3. The van der Waals surface area contributed by atoms with Crippen LogP contribution in [-0.2, 0) is 30.3 Å². The molecule has 1 aliphatic rings. The molecule has 5 rings (SSSR count). The van der Waals surface area contributed by atoms with E-state index in [-0.39, 0.29) is 17.2 Å². The number of piperidine rings is 1. The van der Waals surface area contributed by atoms with Gasteiger partial charge in [0.05, 0.1) is 58.1 Å². The Kier molecular flexibility index (Phi) is 16.6. The zero-order valence-corrected chi connectivity index (χ0v) is 36.9. The molecule has 1 heterocycles. The van der Waals surface area contributed by atoms with E-state index in [1.54, 1.807) is 81.5 Å². The summed E-state index contributed by atoms with van der Waals surface area (Å²) >= 11 is 0. The number of hydrogen-bond donors (Lipinski definition) is 1. The lowest BCUT2D eigenvalue weighted by molar-refractivity contribution is -0.386. The number of benzene rings is 4. The Morgan fingerprint density at radius 3 is 2.11 bits per heavy atom. The lowest BCUT2D eigenvalue weighted by Crippen LogP contribution is -2.50. The SMILES string of the molecule is COc1ccc(CC[C@@H](OC(=O)C2CCCCN2C(=O)[C@@H](C)c2cc(OC)c(OC)c(OC)c2)c2cccc(OCC(=O)OC(C)c3ccc(C(C)O)c([N+](=O)[O-])c3)c2)cc1OC. The van der Waals surface area contributed by atoms with Gasteiger partial charge in [-0.2, -0.15) is 0 Å². The summed E-state index contributed by atoms with van der Waals surface area (Å²) in [5.74, 6) is 0.441. The van der Waals surface area contributed by atoms with Crippen molar-refractivity contribution in [2.24, 2.45) is 0 Å². The fourth-order valence-electron chi connectivity index (χ4n) is 7.60. The maximum Gasteiger partial charge on any atom is 0.344 e. The molecular formula is C47H56N2O14. The highest BCUT2D eigenvalue weighted by atomic mass is 16.6. The van der Waals surface area contributed by atoms with Crippen LogP contribution in [0, 0.1) is 10.1 Å². The Labute approximate surface area is 367 Å². The highest BCUT2D eigenvalue weighted by molar-refractivity contribution is 5.89. The van der Waals surface area contributed by atoms with Crippen LogP contribution in [0.25, 0.3) is 0 Å². The van der Waals surface area contributed by atoms with Crippen LogP contribution in [-0.4, -0.2) is 87.5 Å². The van der Waals surface area contributed by atoms with Crippen LogP contribution in [0.5, 0.6) is 34.5 Å². The van der Waals surface area contributed by atoms with Crippen molar-refractivity contribution in [3.63, 3.8) is 0 Å². The molecule has 0 saturated carbocycles. The summed E-state index contributed by atoms with van der Waals surface area (Å²) < 4.78 is 45.2. The van der Waals surface area contributed by atoms with Crippen molar-refractivity contribution in [3.8, 4) is 34.5 Å². The zero-order chi connectivity index (χ0) is 45.8. The van der Waals surface area contributed by atoms with E-state index in [2.05, 4.69) is 0 Å². The Hall–Kier alpha value is -6.55. The maximum absolute atomic E-state index is 14.3. The van der Waals surface area contributed by atoms with Gasteiger partial charge in [-0.05, 0) is 118 Å². The van der Waals surface area contributed by atoms with E-state index in [1.807, 2.05) is 12.1 Å². The van der Waals surface area contributed by atoms with Crippen molar-refractivity contribution in [3.05, 3.63) is 111 Å². The second-order valence-corrected chi connectivity index (χ2v) is 15.1. The first-order chi connectivity index (χ1) is 30.2. The summed E-state index contributed by atoms with van der Waals surface area (Å²) in [6, 6.07) is 19.3. The third-order valence-electron chi connectivity index (χ3n) is 11.1. The van der Waals surface area contributed by atoms with Gasteiger partial charge in [0.1, 0.15) is 24.0 Å². The number of likely N-dealkylation sites (tertiary alicyclic amines) is 1. The van der Waals surface area contributed by atoms with Crippen molar-refractivity contribution in [2.75, 3.05) is 48.7 Å². The van der Waals surface area contributed by atoms with E-state index in [9.17, 15) is 29.6 Å². The van der Waals surface area contributed by atoms with Crippen molar-refractivity contribution in [2.45, 2.75) is 83.1 Å². The lowest BCUT2D eigenvalue weighted by Gasteiger charge is -2.36. The number of nitro groups is 1. The summed E-state index contributed by atoms with van der Waals surface area (Å²) in [6.07, 6.45) is -0.0502. The number of nitrogens with zero attached hydrogens (tertiary/aromatic N) is 2. The van der Waals surface area contributed by atoms with E-state index in [0.29, 0.717) is 77.0 Å². The molecule has 338 valence electrons. The highest BCUT2D eigenvalue weighted by Gasteiger charge is 2.37. The fourth-order valence-corrected chi connectivity index (χ4v) is 7.60. The van der Waals surface area contributed by atoms with Gasteiger partial charge in [-0.15, -0.1) is 0 Å². The third-order valence-corrected chi connectivity index (χ3v) is 11.1. The minimum atomic E-state index is -1.06. The minimum Gasteiger partial charge on any atom is -0.493 e. The van der Waals surface area contributed by atoms with E-state index in [1.165, 1.54) is 40.4 Å². The van der Waals surface area contributed by atoms with Gasteiger partial charge in [-0.3, -0.25) is 14.9 Å². The van der Waals surface area contributed by atoms with Crippen LogP contribution in [0.3, 0.4) is 0 Å². The number of methoxy groups -OCH3 is 5. The number of rotatable bonds is 20. The molecule has 0 spiro atoms. The summed E-state index contributed by atoms with van der Waals surface area (Å²) in [7, 11) is 7.62. The van der Waals surface area contributed by atoms with Crippen LogP contribution in [0.15, 0.2) is 72.8 Å². The number of carbonyl (C=O) groups is 3. The van der Waals surface area contributed by atoms with E-state index in [0.717, 1.165) is 18.4 Å². The molecule has 16 heteroatoms. The molecule has 4 aromatic rings. The zero-order valence-electron chi connectivity index (χ0n) is 36.9. The third kappa shape index (κ3) is 11.7. The number of ether oxygens (including phenoxy) is 8. The molecule has 16 nitrogen and oxygen atoms in total. The summed E-state index contributed by atoms with van der Waals surface area (Å²) in [5, 5.41) is 21.6. The van der Waals surface area contributed by atoms with Crippen LogP contribution < -0.4 is 28.4 Å². The van der Waals surface area contributed by atoms with Gasteiger partial charge < -0.3 is 47.9 Å². The Morgan fingerprint density at radius 1 is 0.778 bits per heavy atom. The first kappa shape index (κ1) is 47.5. The predicted octanol–water partition coefficient (Wildman–Crippen LogP) is 7.78. The molecule has 0 aromatic heterocycles. The predicted molar refractivity (Wildman–Crippen MR) is 231 cm³/mol. The number of nitro benzene ring substituents is 1. The van der Waals surface area contributed by atoms with Gasteiger partial charge in [0, 0.05) is 12.6 Å². The molecular weight excluding hydrogens is 817 g/mol. The van der Waals surface area contributed by atoms with Crippen molar-refractivity contribution in [1.29, 1.82) is 0 Å². The van der Waals surface area contributed by atoms with Crippen molar-refractivity contribution < 1.29 is 62.3 Å². The minimum absolute atomic E-state index is 0.143. The molecule has 5 atom stereocenters. The van der Waals surface area contributed by atoms with Crippen molar-refractivity contribution in [1.82, 2.24) is 4.90 Å². The molecule has 4 aromatic carbocycles. The molecule has 1 N–H and O–H groups in total. The number of aryl methyl sites for hydroxylation is 1. The standard InChI is InChI=1S/C47H56N2O14/c1-28(34-25-42(58-6)45(60-8)43(26-34)59-7)46(52)48-21-10-9-14-37(48)47(53)63-39(19-15-31-16-20-40(56-4)41(22-31)57-5)33-12-11-13-35(23-33)61-27-44(51)62-30(3)32-17-18-36(29(2)50)38(24-32)49(54)55/h11-13,16-18,20,22-26,28-30,37,39,50H,9-10,14-15,19,21,27H2,1-8H3/t28-,29?,30?,37?,39+/m0/s1.